The molecule has 0 atom stereocenters. The van der Waals surface area contributed by atoms with Crippen LogP contribution in [0.1, 0.15) is 53.0 Å². The van der Waals surface area contributed by atoms with Crippen molar-refractivity contribution in [2.75, 3.05) is 18.4 Å². The Labute approximate surface area is 180 Å². The number of fused-ring (bicyclic) bond motifs is 1. The number of benzene rings is 1. The molecule has 1 fully saturated rings. The number of aryl methyl sites for hydroxylation is 2. The molecule has 0 radical (unpaired) electrons. The molecule has 1 aromatic carbocycles. The van der Waals surface area contributed by atoms with Crippen molar-refractivity contribution in [2.45, 2.75) is 46.0 Å². The molecule has 31 heavy (non-hydrogen) atoms. The van der Waals surface area contributed by atoms with E-state index in [4.69, 9.17) is 0 Å². The molecule has 0 aliphatic carbocycles. The van der Waals surface area contributed by atoms with Crippen LogP contribution in [0, 0.1) is 13.8 Å². The van der Waals surface area contributed by atoms with Gasteiger partial charge >= 0.3 is 0 Å². The van der Waals surface area contributed by atoms with Crippen molar-refractivity contribution in [1.29, 1.82) is 0 Å². The molecule has 2 N–H and O–H groups in total. The monoisotopic (exact) mass is 421 g/mol. The molecule has 1 saturated heterocycles. The van der Waals surface area contributed by atoms with E-state index in [9.17, 15) is 14.4 Å². The molecule has 162 valence electrons. The average Bonchev–Trinajstić information content (AvgIpc) is 2.94. The highest BCUT2D eigenvalue weighted by molar-refractivity contribution is 5.96. The number of carbonyl (C=O) groups is 2. The molecule has 1 aliphatic heterocycles. The Hall–Kier alpha value is -3.42. The van der Waals surface area contributed by atoms with Crippen LogP contribution < -0.4 is 10.9 Å². The van der Waals surface area contributed by atoms with E-state index in [0.29, 0.717) is 22.6 Å². The van der Waals surface area contributed by atoms with Gasteiger partial charge in [0.2, 0.25) is 5.91 Å². The molecular formula is C23H27N5O3. The zero-order valence-electron chi connectivity index (χ0n) is 17.9. The molecule has 0 saturated carbocycles. The maximum Gasteiger partial charge on any atom is 0.266 e. The predicted molar refractivity (Wildman–Crippen MR) is 118 cm³/mol. The van der Waals surface area contributed by atoms with Crippen LogP contribution in [-0.2, 0) is 11.2 Å². The summed E-state index contributed by atoms with van der Waals surface area (Å²) in [6.45, 7) is 5.29. The number of anilines is 1. The summed E-state index contributed by atoms with van der Waals surface area (Å²) in [5.74, 6) is -0.139. The van der Waals surface area contributed by atoms with Gasteiger partial charge in [-0.25, -0.2) is 9.50 Å². The van der Waals surface area contributed by atoms with Crippen molar-refractivity contribution < 1.29 is 9.59 Å². The molecule has 4 rings (SSSR count). The van der Waals surface area contributed by atoms with E-state index in [0.717, 1.165) is 37.2 Å². The van der Waals surface area contributed by atoms with Crippen molar-refractivity contribution in [1.82, 2.24) is 19.5 Å². The van der Waals surface area contributed by atoms with E-state index in [1.54, 1.807) is 28.8 Å². The van der Waals surface area contributed by atoms with Crippen LogP contribution in [0.15, 0.2) is 35.1 Å². The lowest BCUT2D eigenvalue weighted by Gasteiger charge is -2.20. The summed E-state index contributed by atoms with van der Waals surface area (Å²) < 4.78 is 1.60. The summed E-state index contributed by atoms with van der Waals surface area (Å²) in [5, 5.41) is 5.58. The second kappa shape index (κ2) is 8.75. The highest BCUT2D eigenvalue weighted by Gasteiger charge is 2.18. The number of aromatic amines is 1. The van der Waals surface area contributed by atoms with Gasteiger partial charge in [-0.2, -0.15) is 0 Å². The summed E-state index contributed by atoms with van der Waals surface area (Å²) >= 11 is 0. The van der Waals surface area contributed by atoms with Gasteiger partial charge in [0.15, 0.2) is 5.65 Å². The Kier molecular flexibility index (Phi) is 5.88. The molecule has 0 unspecified atom stereocenters. The van der Waals surface area contributed by atoms with Crippen LogP contribution in [0.2, 0.25) is 0 Å². The number of carbonyl (C=O) groups excluding carboxylic acids is 2. The van der Waals surface area contributed by atoms with Crippen LogP contribution in [-0.4, -0.2) is 44.4 Å². The van der Waals surface area contributed by atoms with Gasteiger partial charge < -0.3 is 10.2 Å². The molecule has 3 heterocycles. The number of hydrogen-bond donors (Lipinski definition) is 2. The third-order valence-electron chi connectivity index (χ3n) is 5.85. The average molecular weight is 422 g/mol. The smallest absolute Gasteiger partial charge is 0.266 e. The molecule has 3 aromatic rings. The van der Waals surface area contributed by atoms with Crippen molar-refractivity contribution in [3.8, 4) is 0 Å². The fraction of sp³-hybridized carbons (Fsp3) is 0.391. The van der Waals surface area contributed by atoms with Gasteiger partial charge in [-0.1, -0.05) is 12.8 Å². The summed E-state index contributed by atoms with van der Waals surface area (Å²) in [6, 6.07) is 8.47. The van der Waals surface area contributed by atoms with E-state index < -0.39 is 0 Å². The first-order valence-corrected chi connectivity index (χ1v) is 10.7. The van der Waals surface area contributed by atoms with E-state index in [-0.39, 0.29) is 23.8 Å². The molecule has 2 aromatic heterocycles. The van der Waals surface area contributed by atoms with Crippen LogP contribution >= 0.6 is 0 Å². The number of aromatic nitrogens is 3. The van der Waals surface area contributed by atoms with Gasteiger partial charge in [0, 0.05) is 47.4 Å². The van der Waals surface area contributed by atoms with E-state index in [2.05, 4.69) is 15.4 Å². The van der Waals surface area contributed by atoms with E-state index >= 15 is 0 Å². The Morgan fingerprint density at radius 1 is 1.06 bits per heavy atom. The first kappa shape index (κ1) is 20.8. The van der Waals surface area contributed by atoms with Gasteiger partial charge in [0.1, 0.15) is 0 Å². The number of H-pyrrole nitrogens is 1. The molecule has 2 amide bonds. The lowest BCUT2D eigenvalue weighted by molar-refractivity contribution is -0.115. The number of nitrogens with zero attached hydrogens (tertiary/aromatic N) is 3. The minimum Gasteiger partial charge on any atom is -0.339 e. The SMILES string of the molecule is Cc1nc2cc(=O)[nH]n2c(C)c1CC(=O)Nc1ccc(C(=O)N2CCCCCC2)cc1. The van der Waals surface area contributed by atoms with Crippen molar-refractivity contribution in [3.63, 3.8) is 0 Å². The summed E-state index contributed by atoms with van der Waals surface area (Å²) in [6.07, 6.45) is 4.59. The zero-order valence-corrected chi connectivity index (χ0v) is 17.9. The Morgan fingerprint density at radius 2 is 1.74 bits per heavy atom. The number of likely N-dealkylation sites (tertiary alicyclic amines) is 1. The molecule has 0 bridgehead atoms. The number of rotatable bonds is 4. The van der Waals surface area contributed by atoms with Crippen LogP contribution in [0.25, 0.3) is 5.65 Å². The fourth-order valence-electron chi connectivity index (χ4n) is 4.13. The Bertz CT molecular complexity index is 1170. The van der Waals surface area contributed by atoms with E-state index in [1.165, 1.54) is 18.9 Å². The molecular weight excluding hydrogens is 394 g/mol. The van der Waals surface area contributed by atoms with E-state index in [1.807, 2.05) is 18.7 Å². The molecule has 0 spiro atoms. The predicted octanol–water partition coefficient (Wildman–Crippen LogP) is 2.84. The first-order valence-electron chi connectivity index (χ1n) is 10.7. The number of nitrogens with one attached hydrogen (secondary N) is 2. The molecule has 1 aliphatic rings. The Morgan fingerprint density at radius 3 is 2.42 bits per heavy atom. The quantitative estimate of drug-likeness (QED) is 0.677. The summed E-state index contributed by atoms with van der Waals surface area (Å²) in [5.41, 5.74) is 3.84. The van der Waals surface area contributed by atoms with Crippen molar-refractivity contribution in [2.24, 2.45) is 0 Å². The molecule has 8 heteroatoms. The third kappa shape index (κ3) is 4.52. The normalized spacial score (nSPS) is 14.5. The lowest BCUT2D eigenvalue weighted by atomic mass is 10.1. The largest absolute Gasteiger partial charge is 0.339 e. The second-order valence-electron chi connectivity index (χ2n) is 8.08. The topological polar surface area (TPSA) is 99.6 Å². The van der Waals surface area contributed by atoms with Gasteiger partial charge in [-0.05, 0) is 51.0 Å². The van der Waals surface area contributed by atoms with Crippen LogP contribution in [0.4, 0.5) is 5.69 Å². The highest BCUT2D eigenvalue weighted by atomic mass is 16.2. The van der Waals surface area contributed by atoms with Crippen molar-refractivity contribution >= 4 is 23.1 Å². The zero-order chi connectivity index (χ0) is 22.0. The van der Waals surface area contributed by atoms with Gasteiger partial charge in [0.05, 0.1) is 6.42 Å². The second-order valence-corrected chi connectivity index (χ2v) is 8.08. The maximum atomic E-state index is 12.7. The lowest BCUT2D eigenvalue weighted by Crippen LogP contribution is -2.31. The van der Waals surface area contributed by atoms with Gasteiger partial charge in [-0.3, -0.25) is 19.5 Å². The molecule has 8 nitrogen and oxygen atoms in total. The number of hydrogen-bond acceptors (Lipinski definition) is 4. The third-order valence-corrected chi connectivity index (χ3v) is 5.85. The van der Waals surface area contributed by atoms with Crippen LogP contribution in [0.3, 0.4) is 0 Å². The van der Waals surface area contributed by atoms with Gasteiger partial charge in [-0.15, -0.1) is 0 Å². The standard InChI is InChI=1S/C23H27N5O3/c1-15-19(16(2)28-20(24-15)14-22(30)26-28)13-21(29)25-18-9-7-17(8-10-18)23(31)27-11-5-3-4-6-12-27/h7-10,14H,3-6,11-13H2,1-2H3,(H,25,29)(H,26,30). The first-order chi connectivity index (χ1) is 14.9. The minimum atomic E-state index is -0.230. The van der Waals surface area contributed by atoms with Crippen LogP contribution in [0.5, 0.6) is 0 Å². The Balaban J connectivity index is 1.44. The van der Waals surface area contributed by atoms with Crippen molar-refractivity contribution in [3.05, 3.63) is 63.2 Å². The fourth-order valence-corrected chi connectivity index (χ4v) is 4.13. The highest BCUT2D eigenvalue weighted by Crippen LogP contribution is 2.17. The summed E-state index contributed by atoms with van der Waals surface area (Å²) in [7, 11) is 0. The number of amides is 2. The minimum absolute atomic E-state index is 0.0473. The summed E-state index contributed by atoms with van der Waals surface area (Å²) in [4.78, 5) is 43.3. The maximum absolute atomic E-state index is 12.7. The van der Waals surface area contributed by atoms with Gasteiger partial charge in [0.25, 0.3) is 11.5 Å².